The zero-order chi connectivity index (χ0) is 28.8. The fraction of sp³-hybridized carbons (Fsp3) is 0.200. The predicted octanol–water partition coefficient (Wildman–Crippen LogP) is 3.99. The van der Waals surface area contributed by atoms with Gasteiger partial charge in [-0.2, -0.15) is 0 Å². The smallest absolute Gasteiger partial charge is 0.234 e. The van der Waals surface area contributed by atoms with Gasteiger partial charge in [-0.15, -0.1) is 0 Å². The highest BCUT2D eigenvalue weighted by Gasteiger charge is 2.66. The van der Waals surface area contributed by atoms with Crippen molar-refractivity contribution in [3.63, 3.8) is 0 Å². The Labute approximate surface area is 243 Å². The summed E-state index contributed by atoms with van der Waals surface area (Å²) in [7, 11) is 0. The molecule has 3 aliphatic rings. The maximum atomic E-state index is 14.0. The largest absolute Gasteiger partial charge is 0.395 e. The van der Waals surface area contributed by atoms with Crippen molar-refractivity contribution in [3.05, 3.63) is 149 Å². The normalized spacial score (nSPS) is 25.3. The standard InChI is InChI=1S/C35H29N3O4/c39-20-19-38-33(40)30-24-21-25(35(42,23-13-5-2-6-14-23)27-16-8-10-18-37-27)31(32(30)34(38)41)29(24)28(22-11-3-1-4-12-22)26-15-7-9-17-36-26/h1-18,21,24,30-32,39,42H,19-20H2. The minimum absolute atomic E-state index is 0.0482. The first kappa shape index (κ1) is 26.2. The highest BCUT2D eigenvalue weighted by atomic mass is 16.3. The van der Waals surface area contributed by atoms with Gasteiger partial charge in [0.25, 0.3) is 0 Å². The minimum Gasteiger partial charge on any atom is -0.395 e. The number of rotatable bonds is 7. The van der Waals surface area contributed by atoms with Crippen LogP contribution in [0, 0.1) is 23.7 Å². The van der Waals surface area contributed by atoms with E-state index in [0.29, 0.717) is 16.8 Å². The number of nitrogens with zero attached hydrogens (tertiary/aromatic N) is 3. The topological polar surface area (TPSA) is 104 Å². The van der Waals surface area contributed by atoms with Crippen molar-refractivity contribution in [1.82, 2.24) is 14.9 Å². The molecule has 1 aliphatic heterocycles. The molecule has 5 atom stereocenters. The molecule has 3 heterocycles. The van der Waals surface area contributed by atoms with E-state index in [0.717, 1.165) is 22.4 Å². The molecule has 1 saturated carbocycles. The Hall–Kier alpha value is -4.72. The number of fused-ring (bicyclic) bond motifs is 5. The summed E-state index contributed by atoms with van der Waals surface area (Å²) in [5.41, 5.74) is 3.46. The van der Waals surface area contributed by atoms with E-state index >= 15 is 0 Å². The van der Waals surface area contributed by atoms with Crippen molar-refractivity contribution >= 4 is 17.4 Å². The SMILES string of the molecule is O=C1C2C3C=C(C(O)(c4ccccc4)c4ccccn4)C(C3=C(c3ccccc3)c3ccccn3)C2C(=O)N1CCO. The molecule has 2 aromatic carbocycles. The van der Waals surface area contributed by atoms with Crippen LogP contribution in [0.1, 0.15) is 22.5 Å². The maximum Gasteiger partial charge on any atom is 0.234 e. The van der Waals surface area contributed by atoms with Gasteiger partial charge in [-0.25, -0.2) is 0 Å². The van der Waals surface area contributed by atoms with Gasteiger partial charge >= 0.3 is 0 Å². The van der Waals surface area contributed by atoms with E-state index in [4.69, 9.17) is 4.98 Å². The Morgan fingerprint density at radius 3 is 2.07 bits per heavy atom. The van der Waals surface area contributed by atoms with Crippen molar-refractivity contribution in [2.24, 2.45) is 23.7 Å². The van der Waals surface area contributed by atoms with E-state index in [2.05, 4.69) is 4.98 Å². The van der Waals surface area contributed by atoms with Crippen molar-refractivity contribution < 1.29 is 19.8 Å². The molecule has 0 spiro atoms. The van der Waals surface area contributed by atoms with Crippen LogP contribution in [0.4, 0.5) is 0 Å². The molecule has 2 amide bonds. The fourth-order valence-corrected chi connectivity index (χ4v) is 7.23. The molecule has 2 bridgehead atoms. The first-order valence-electron chi connectivity index (χ1n) is 14.1. The van der Waals surface area contributed by atoms with Gasteiger partial charge in [0, 0.05) is 29.8 Å². The van der Waals surface area contributed by atoms with Gasteiger partial charge in [0.2, 0.25) is 11.8 Å². The molecular weight excluding hydrogens is 526 g/mol. The van der Waals surface area contributed by atoms with E-state index in [9.17, 15) is 19.8 Å². The zero-order valence-electron chi connectivity index (χ0n) is 22.7. The number of aromatic nitrogens is 2. The summed E-state index contributed by atoms with van der Waals surface area (Å²) in [4.78, 5) is 38.2. The summed E-state index contributed by atoms with van der Waals surface area (Å²) in [6.45, 7) is -0.353. The fourth-order valence-electron chi connectivity index (χ4n) is 7.23. The first-order valence-corrected chi connectivity index (χ1v) is 14.1. The second-order valence-electron chi connectivity index (χ2n) is 10.9. The number of benzene rings is 2. The highest BCUT2D eigenvalue weighted by Crippen LogP contribution is 2.64. The van der Waals surface area contributed by atoms with Crippen LogP contribution in [0.25, 0.3) is 5.57 Å². The molecule has 0 radical (unpaired) electrons. The average molecular weight is 556 g/mol. The highest BCUT2D eigenvalue weighted by molar-refractivity contribution is 6.08. The lowest BCUT2D eigenvalue weighted by Gasteiger charge is -2.36. The lowest BCUT2D eigenvalue weighted by atomic mass is 9.71. The maximum absolute atomic E-state index is 14.0. The van der Waals surface area contributed by atoms with Crippen molar-refractivity contribution in [3.8, 4) is 0 Å². The lowest BCUT2D eigenvalue weighted by Crippen LogP contribution is -2.39. The van der Waals surface area contributed by atoms with E-state index in [1.54, 1.807) is 24.5 Å². The quantitative estimate of drug-likeness (QED) is 0.264. The number of aliphatic hydroxyl groups is 2. The van der Waals surface area contributed by atoms with Gasteiger partial charge in [-0.3, -0.25) is 24.5 Å². The van der Waals surface area contributed by atoms with Crippen LogP contribution < -0.4 is 0 Å². The molecule has 2 N–H and O–H groups in total. The van der Waals surface area contributed by atoms with Crippen LogP contribution in [0.5, 0.6) is 0 Å². The number of allylic oxidation sites excluding steroid dienone is 2. The Morgan fingerprint density at radius 2 is 1.43 bits per heavy atom. The number of carbonyl (C=O) groups is 2. The second-order valence-corrected chi connectivity index (χ2v) is 10.9. The summed E-state index contributed by atoms with van der Waals surface area (Å²) in [6, 6.07) is 30.4. The Balaban J connectivity index is 1.52. The average Bonchev–Trinajstić information content (AvgIpc) is 3.66. The van der Waals surface area contributed by atoms with E-state index in [-0.39, 0.29) is 25.0 Å². The summed E-state index contributed by atoms with van der Waals surface area (Å²) in [5.74, 6) is -2.99. The van der Waals surface area contributed by atoms with Crippen LogP contribution in [-0.4, -0.2) is 50.0 Å². The second kappa shape index (κ2) is 10.3. The monoisotopic (exact) mass is 555 g/mol. The Morgan fingerprint density at radius 1 is 0.786 bits per heavy atom. The van der Waals surface area contributed by atoms with Crippen LogP contribution in [-0.2, 0) is 15.2 Å². The number of amides is 2. The molecule has 7 rings (SSSR count). The van der Waals surface area contributed by atoms with Crippen LogP contribution in [0.3, 0.4) is 0 Å². The summed E-state index contributed by atoms with van der Waals surface area (Å²) >= 11 is 0. The number of pyridine rings is 2. The molecule has 7 heteroatoms. The number of β-amino-alcohol motifs (C(OH)–C–C–N with tert-alkyl or cyclic N) is 1. The third-order valence-corrected chi connectivity index (χ3v) is 8.86. The van der Waals surface area contributed by atoms with Gasteiger partial charge in [0.05, 0.1) is 36.4 Å². The van der Waals surface area contributed by atoms with Crippen LogP contribution in [0.2, 0.25) is 0 Å². The molecule has 7 nitrogen and oxygen atoms in total. The third kappa shape index (κ3) is 3.81. The molecule has 2 fully saturated rings. The molecule has 208 valence electrons. The number of hydrogen-bond acceptors (Lipinski definition) is 6. The van der Waals surface area contributed by atoms with Crippen LogP contribution in [0.15, 0.2) is 127 Å². The number of carbonyl (C=O) groups excluding carboxylic acids is 2. The molecule has 42 heavy (non-hydrogen) atoms. The number of hydrogen-bond donors (Lipinski definition) is 2. The van der Waals surface area contributed by atoms with E-state index < -0.39 is 29.3 Å². The number of likely N-dealkylation sites (tertiary alicyclic amines) is 1. The van der Waals surface area contributed by atoms with E-state index in [1.165, 1.54) is 4.90 Å². The van der Waals surface area contributed by atoms with E-state index in [1.807, 2.05) is 91.0 Å². The third-order valence-electron chi connectivity index (χ3n) is 8.86. The van der Waals surface area contributed by atoms with Crippen molar-refractivity contribution in [2.45, 2.75) is 5.60 Å². The lowest BCUT2D eigenvalue weighted by molar-refractivity contribution is -0.141. The predicted molar refractivity (Wildman–Crippen MR) is 156 cm³/mol. The summed E-state index contributed by atoms with van der Waals surface area (Å²) in [6.07, 6.45) is 5.37. The van der Waals surface area contributed by atoms with Gasteiger partial charge in [-0.1, -0.05) is 78.9 Å². The molecular formula is C35H29N3O4. The van der Waals surface area contributed by atoms with Crippen molar-refractivity contribution in [1.29, 1.82) is 0 Å². The summed E-state index contributed by atoms with van der Waals surface area (Å²) < 4.78 is 0. The Bertz CT molecular complexity index is 1620. The molecule has 2 aromatic heterocycles. The summed E-state index contributed by atoms with van der Waals surface area (Å²) in [5, 5.41) is 22.5. The molecule has 1 saturated heterocycles. The van der Waals surface area contributed by atoms with Crippen molar-refractivity contribution in [2.75, 3.05) is 13.2 Å². The number of aliphatic hydroxyl groups excluding tert-OH is 1. The zero-order valence-corrected chi connectivity index (χ0v) is 22.7. The van der Waals surface area contributed by atoms with Gasteiger partial charge in [0.15, 0.2) is 5.60 Å². The first-order chi connectivity index (χ1) is 20.6. The van der Waals surface area contributed by atoms with Crippen LogP contribution >= 0.6 is 0 Å². The Kier molecular flexibility index (Phi) is 6.41. The van der Waals surface area contributed by atoms with Gasteiger partial charge in [0.1, 0.15) is 0 Å². The van der Waals surface area contributed by atoms with Gasteiger partial charge in [-0.05, 0) is 46.5 Å². The molecule has 2 aliphatic carbocycles. The van der Waals surface area contributed by atoms with Gasteiger partial charge < -0.3 is 10.2 Å². The molecule has 4 aromatic rings. The molecule has 5 unspecified atom stereocenters. The minimum atomic E-state index is -1.65. The number of imide groups is 1.